The van der Waals surface area contributed by atoms with Gasteiger partial charge in [-0.15, -0.1) is 0 Å². The van der Waals surface area contributed by atoms with E-state index in [0.29, 0.717) is 34.9 Å². The molecule has 2 heterocycles. The highest BCUT2D eigenvalue weighted by atomic mass is 16.6. The van der Waals surface area contributed by atoms with E-state index in [1.165, 1.54) is 0 Å². The summed E-state index contributed by atoms with van der Waals surface area (Å²) in [5.41, 5.74) is 0.765. The third kappa shape index (κ3) is 5.35. The Hall–Kier alpha value is -3.36. The Bertz CT molecular complexity index is 1200. The van der Waals surface area contributed by atoms with Crippen molar-refractivity contribution in [1.29, 1.82) is 0 Å². The van der Waals surface area contributed by atoms with E-state index in [2.05, 4.69) is 17.0 Å². The van der Waals surface area contributed by atoms with Crippen LogP contribution in [-0.4, -0.2) is 44.1 Å². The standard InChI is InChI=1S/C24H32N4O5/c1-7-10-19-20-21(27(6)26-19)22(29)28(16(3)25-20)13-14-32-17-11-9-12-18(15-17)33-24(4,5)23(30)31-8-2/h9,11-12,15H,7-8,10,13-14H2,1-6H3. The number of nitrogens with zero attached hydrogens (tertiary/aromatic N) is 4. The smallest absolute Gasteiger partial charge is 0.349 e. The number of hydrogen-bond acceptors (Lipinski definition) is 7. The molecule has 0 spiro atoms. The molecule has 0 aliphatic heterocycles. The Labute approximate surface area is 193 Å². The molecule has 0 saturated carbocycles. The predicted octanol–water partition coefficient (Wildman–Crippen LogP) is 3.19. The van der Waals surface area contributed by atoms with Crippen LogP contribution in [0.25, 0.3) is 11.0 Å². The number of fused-ring (bicyclic) bond motifs is 1. The largest absolute Gasteiger partial charge is 0.492 e. The zero-order valence-electron chi connectivity index (χ0n) is 20.2. The second-order valence-corrected chi connectivity index (χ2v) is 8.29. The molecule has 9 heteroatoms. The minimum Gasteiger partial charge on any atom is -0.492 e. The summed E-state index contributed by atoms with van der Waals surface area (Å²) in [6.07, 6.45) is 1.71. The monoisotopic (exact) mass is 456 g/mol. The molecule has 178 valence electrons. The number of hydrogen-bond donors (Lipinski definition) is 0. The van der Waals surface area contributed by atoms with Crippen LogP contribution >= 0.6 is 0 Å². The maximum absolute atomic E-state index is 13.1. The van der Waals surface area contributed by atoms with Crippen LogP contribution in [0.1, 0.15) is 45.6 Å². The van der Waals surface area contributed by atoms with Crippen molar-refractivity contribution in [2.45, 2.75) is 59.6 Å². The first-order valence-electron chi connectivity index (χ1n) is 11.2. The third-order valence-corrected chi connectivity index (χ3v) is 5.22. The molecule has 3 rings (SSSR count). The van der Waals surface area contributed by atoms with Gasteiger partial charge in [-0.3, -0.25) is 14.0 Å². The van der Waals surface area contributed by atoms with Gasteiger partial charge in [-0.25, -0.2) is 9.78 Å². The Balaban J connectivity index is 1.72. The zero-order valence-corrected chi connectivity index (χ0v) is 20.2. The van der Waals surface area contributed by atoms with Crippen molar-refractivity contribution in [2.24, 2.45) is 7.05 Å². The summed E-state index contributed by atoms with van der Waals surface area (Å²) in [5, 5.41) is 4.48. The molecule has 3 aromatic rings. The molecule has 0 aliphatic carbocycles. The van der Waals surface area contributed by atoms with Gasteiger partial charge in [0, 0.05) is 13.1 Å². The Morgan fingerprint density at radius 3 is 2.61 bits per heavy atom. The summed E-state index contributed by atoms with van der Waals surface area (Å²) < 4.78 is 19.9. The fraction of sp³-hybridized carbons (Fsp3) is 0.500. The number of aryl methyl sites for hydroxylation is 3. The van der Waals surface area contributed by atoms with Crippen molar-refractivity contribution < 1.29 is 19.0 Å². The highest BCUT2D eigenvalue weighted by Crippen LogP contribution is 2.24. The molecule has 2 aromatic heterocycles. The van der Waals surface area contributed by atoms with Gasteiger partial charge in [-0.1, -0.05) is 19.4 Å². The Morgan fingerprint density at radius 1 is 1.18 bits per heavy atom. The summed E-state index contributed by atoms with van der Waals surface area (Å²) >= 11 is 0. The molecule has 0 N–H and O–H groups in total. The second kappa shape index (κ2) is 10.1. The van der Waals surface area contributed by atoms with Crippen molar-refractivity contribution in [3.63, 3.8) is 0 Å². The van der Waals surface area contributed by atoms with Crippen LogP contribution in [0.15, 0.2) is 29.1 Å². The van der Waals surface area contributed by atoms with Crippen LogP contribution in [0.5, 0.6) is 11.5 Å². The van der Waals surface area contributed by atoms with Crippen LogP contribution in [0, 0.1) is 6.92 Å². The lowest BCUT2D eigenvalue weighted by Crippen LogP contribution is -2.39. The first kappa shape index (κ1) is 24.3. The zero-order chi connectivity index (χ0) is 24.2. The second-order valence-electron chi connectivity index (χ2n) is 8.29. The van der Waals surface area contributed by atoms with E-state index in [-0.39, 0.29) is 18.8 Å². The molecule has 0 fully saturated rings. The molecule has 33 heavy (non-hydrogen) atoms. The van der Waals surface area contributed by atoms with Crippen LogP contribution in [0.4, 0.5) is 0 Å². The molecule has 9 nitrogen and oxygen atoms in total. The van der Waals surface area contributed by atoms with Gasteiger partial charge in [0.25, 0.3) is 5.56 Å². The predicted molar refractivity (Wildman–Crippen MR) is 125 cm³/mol. The van der Waals surface area contributed by atoms with Crippen molar-refractivity contribution in [1.82, 2.24) is 19.3 Å². The number of aromatic nitrogens is 4. The molecule has 0 bridgehead atoms. The summed E-state index contributed by atoms with van der Waals surface area (Å²) in [4.78, 5) is 29.8. The number of carbonyl (C=O) groups excluding carboxylic acids is 1. The minimum atomic E-state index is -1.13. The van der Waals surface area contributed by atoms with E-state index in [1.807, 2.05) is 6.92 Å². The van der Waals surface area contributed by atoms with E-state index < -0.39 is 11.6 Å². The molecule has 0 unspecified atom stereocenters. The van der Waals surface area contributed by atoms with E-state index in [4.69, 9.17) is 14.2 Å². The first-order chi connectivity index (χ1) is 15.7. The fourth-order valence-electron chi connectivity index (χ4n) is 3.61. The average Bonchev–Trinajstić information content (AvgIpc) is 3.06. The van der Waals surface area contributed by atoms with E-state index in [0.717, 1.165) is 18.5 Å². The molecular weight excluding hydrogens is 424 g/mol. The number of ether oxygens (including phenoxy) is 3. The van der Waals surface area contributed by atoms with Crippen LogP contribution in [-0.2, 0) is 29.5 Å². The molecule has 0 amide bonds. The van der Waals surface area contributed by atoms with Gasteiger partial charge < -0.3 is 14.2 Å². The van der Waals surface area contributed by atoms with Crippen molar-refractivity contribution in [3.05, 3.63) is 46.1 Å². The molecular formula is C24H32N4O5. The maximum atomic E-state index is 13.1. The third-order valence-electron chi connectivity index (χ3n) is 5.22. The average molecular weight is 457 g/mol. The highest BCUT2D eigenvalue weighted by molar-refractivity contribution is 5.79. The van der Waals surface area contributed by atoms with Gasteiger partial charge in [-0.2, -0.15) is 5.10 Å². The summed E-state index contributed by atoms with van der Waals surface area (Å²) in [6, 6.07) is 7.02. The number of esters is 1. The normalized spacial score (nSPS) is 11.6. The molecule has 1 aromatic carbocycles. The molecule has 0 aliphatic rings. The van der Waals surface area contributed by atoms with Crippen molar-refractivity contribution in [2.75, 3.05) is 13.2 Å². The lowest BCUT2D eigenvalue weighted by molar-refractivity contribution is -0.158. The topological polar surface area (TPSA) is 97.5 Å². The van der Waals surface area contributed by atoms with Crippen LogP contribution < -0.4 is 15.0 Å². The van der Waals surface area contributed by atoms with Crippen LogP contribution in [0.2, 0.25) is 0 Å². The van der Waals surface area contributed by atoms with Gasteiger partial charge in [-0.05, 0) is 46.2 Å². The molecule has 0 saturated heterocycles. The van der Waals surface area contributed by atoms with Crippen molar-refractivity contribution >= 4 is 17.0 Å². The number of benzene rings is 1. The lowest BCUT2D eigenvalue weighted by atomic mass is 10.1. The minimum absolute atomic E-state index is 0.133. The maximum Gasteiger partial charge on any atom is 0.349 e. The summed E-state index contributed by atoms with van der Waals surface area (Å²) in [5.74, 6) is 1.24. The highest BCUT2D eigenvalue weighted by Gasteiger charge is 2.31. The van der Waals surface area contributed by atoms with Gasteiger partial charge in [0.1, 0.15) is 29.4 Å². The number of rotatable bonds is 10. The molecule has 0 radical (unpaired) electrons. The van der Waals surface area contributed by atoms with E-state index >= 15 is 0 Å². The van der Waals surface area contributed by atoms with Gasteiger partial charge >= 0.3 is 5.97 Å². The summed E-state index contributed by atoms with van der Waals surface area (Å²) in [7, 11) is 1.77. The number of carbonyl (C=O) groups is 1. The Morgan fingerprint density at radius 2 is 1.91 bits per heavy atom. The van der Waals surface area contributed by atoms with Gasteiger partial charge in [0.15, 0.2) is 11.1 Å². The lowest BCUT2D eigenvalue weighted by Gasteiger charge is -2.24. The van der Waals surface area contributed by atoms with E-state index in [1.54, 1.807) is 61.3 Å². The summed E-state index contributed by atoms with van der Waals surface area (Å²) in [6.45, 7) is 9.83. The Kier molecular flexibility index (Phi) is 7.40. The van der Waals surface area contributed by atoms with Gasteiger partial charge in [0.2, 0.25) is 0 Å². The van der Waals surface area contributed by atoms with Crippen molar-refractivity contribution in [3.8, 4) is 11.5 Å². The molecule has 0 atom stereocenters. The van der Waals surface area contributed by atoms with Crippen LogP contribution in [0.3, 0.4) is 0 Å². The van der Waals surface area contributed by atoms with Gasteiger partial charge in [0.05, 0.1) is 18.8 Å². The quantitative estimate of drug-likeness (QED) is 0.432. The fourth-order valence-corrected chi connectivity index (χ4v) is 3.61. The SMILES string of the molecule is CCCc1nn(C)c2c(=O)n(CCOc3cccc(OC(C)(C)C(=O)OCC)c3)c(C)nc12. The van der Waals surface area contributed by atoms with E-state index in [9.17, 15) is 9.59 Å². The first-order valence-corrected chi connectivity index (χ1v) is 11.2.